The molecule has 0 fully saturated rings. The molecule has 0 saturated carbocycles. The molecule has 8 heteroatoms. The number of nitrogens with zero attached hydrogens (tertiary/aromatic N) is 2. The van der Waals surface area contributed by atoms with E-state index in [4.69, 9.17) is 9.47 Å². The number of hydrogen-bond acceptors (Lipinski definition) is 6. The first-order valence-electron chi connectivity index (χ1n) is 7.74. The first-order valence-corrected chi connectivity index (χ1v) is 8.62. The van der Waals surface area contributed by atoms with Crippen molar-refractivity contribution in [3.8, 4) is 11.5 Å². The highest BCUT2D eigenvalue weighted by molar-refractivity contribution is 7.17. The summed E-state index contributed by atoms with van der Waals surface area (Å²) >= 11 is 1.38. The summed E-state index contributed by atoms with van der Waals surface area (Å²) < 4.78 is 12.6. The predicted octanol–water partition coefficient (Wildman–Crippen LogP) is 2.52. The van der Waals surface area contributed by atoms with Crippen molar-refractivity contribution in [2.24, 2.45) is 0 Å². The number of amides is 1. The zero-order valence-corrected chi connectivity index (χ0v) is 14.3. The van der Waals surface area contributed by atoms with E-state index >= 15 is 0 Å². The van der Waals surface area contributed by atoms with Crippen LogP contribution in [0.3, 0.4) is 0 Å². The molecule has 25 heavy (non-hydrogen) atoms. The summed E-state index contributed by atoms with van der Waals surface area (Å²) in [5.74, 6) is 1.08. The lowest BCUT2D eigenvalue weighted by atomic mass is 10.2. The molecule has 1 aliphatic heterocycles. The second-order valence-electron chi connectivity index (χ2n) is 5.71. The number of aromatic nitrogens is 2. The Morgan fingerprint density at radius 1 is 1.36 bits per heavy atom. The van der Waals surface area contributed by atoms with Gasteiger partial charge in [0.05, 0.1) is 11.8 Å². The van der Waals surface area contributed by atoms with Crippen molar-refractivity contribution in [3.63, 3.8) is 0 Å². The molecule has 1 amide bonds. The van der Waals surface area contributed by atoms with E-state index in [1.54, 1.807) is 18.2 Å². The zero-order valence-electron chi connectivity index (χ0n) is 13.4. The molecule has 2 aromatic heterocycles. The first-order chi connectivity index (χ1) is 12.1. The second kappa shape index (κ2) is 6.21. The minimum Gasteiger partial charge on any atom is -0.454 e. The van der Waals surface area contributed by atoms with Crippen LogP contribution in [0.2, 0.25) is 0 Å². The van der Waals surface area contributed by atoms with Crippen molar-refractivity contribution in [1.82, 2.24) is 9.55 Å². The van der Waals surface area contributed by atoms with Crippen molar-refractivity contribution in [2.75, 3.05) is 12.1 Å². The second-order valence-corrected chi connectivity index (χ2v) is 6.59. The van der Waals surface area contributed by atoms with Gasteiger partial charge in [0.2, 0.25) is 12.7 Å². The normalized spacial score (nSPS) is 12.5. The number of rotatable bonds is 4. The molecule has 1 aromatic carbocycles. The number of hydrogen-bond donors (Lipinski definition) is 1. The van der Waals surface area contributed by atoms with Gasteiger partial charge in [-0.3, -0.25) is 14.2 Å². The van der Waals surface area contributed by atoms with E-state index in [9.17, 15) is 9.59 Å². The van der Waals surface area contributed by atoms with Crippen LogP contribution in [-0.4, -0.2) is 22.3 Å². The third kappa shape index (κ3) is 2.96. The number of benzene rings is 1. The van der Waals surface area contributed by atoms with Gasteiger partial charge in [-0.1, -0.05) is 0 Å². The number of fused-ring (bicyclic) bond motifs is 2. The van der Waals surface area contributed by atoms with Gasteiger partial charge in [-0.15, -0.1) is 11.3 Å². The molecule has 1 aliphatic rings. The van der Waals surface area contributed by atoms with E-state index in [2.05, 4.69) is 10.3 Å². The SMILES string of the molecule is Cc1csc2c(=O)n(CCC(=O)Nc3ccc4c(c3)OCO4)cnc12. The molecule has 4 rings (SSSR count). The van der Waals surface area contributed by atoms with Crippen molar-refractivity contribution in [1.29, 1.82) is 0 Å². The Hall–Kier alpha value is -2.87. The summed E-state index contributed by atoms with van der Waals surface area (Å²) in [4.78, 5) is 28.9. The number of carbonyl (C=O) groups excluding carboxylic acids is 1. The molecular weight excluding hydrogens is 342 g/mol. The van der Waals surface area contributed by atoms with Gasteiger partial charge >= 0.3 is 0 Å². The minimum atomic E-state index is -0.187. The maximum Gasteiger partial charge on any atom is 0.271 e. The van der Waals surface area contributed by atoms with E-state index in [-0.39, 0.29) is 31.2 Å². The molecular formula is C17H15N3O4S. The Labute approximate surface area is 146 Å². The van der Waals surface area contributed by atoms with Crippen molar-refractivity contribution in [2.45, 2.75) is 19.9 Å². The monoisotopic (exact) mass is 357 g/mol. The Morgan fingerprint density at radius 2 is 2.20 bits per heavy atom. The van der Waals surface area contributed by atoms with Crippen LogP contribution in [-0.2, 0) is 11.3 Å². The van der Waals surface area contributed by atoms with E-state index in [0.717, 1.165) is 11.1 Å². The van der Waals surface area contributed by atoms with E-state index in [1.165, 1.54) is 22.2 Å². The fourth-order valence-corrected chi connectivity index (χ4v) is 3.59. The highest BCUT2D eigenvalue weighted by Crippen LogP contribution is 2.34. The molecule has 3 aromatic rings. The molecule has 7 nitrogen and oxygen atoms in total. The number of thiophene rings is 1. The smallest absolute Gasteiger partial charge is 0.271 e. The molecule has 0 atom stereocenters. The Balaban J connectivity index is 1.43. The van der Waals surface area contributed by atoms with Crippen molar-refractivity contribution >= 4 is 33.1 Å². The average molecular weight is 357 g/mol. The molecule has 0 spiro atoms. The molecule has 0 bridgehead atoms. The van der Waals surface area contributed by atoms with Gasteiger partial charge in [-0.05, 0) is 30.0 Å². The fourth-order valence-electron chi connectivity index (χ4n) is 2.64. The largest absolute Gasteiger partial charge is 0.454 e. The van der Waals surface area contributed by atoms with Crippen LogP contribution in [0.25, 0.3) is 10.2 Å². The lowest BCUT2D eigenvalue weighted by Crippen LogP contribution is -2.23. The Morgan fingerprint density at radius 3 is 3.08 bits per heavy atom. The van der Waals surface area contributed by atoms with Crippen LogP contribution in [0.1, 0.15) is 12.0 Å². The van der Waals surface area contributed by atoms with E-state index < -0.39 is 0 Å². The molecule has 0 aliphatic carbocycles. The highest BCUT2D eigenvalue weighted by Gasteiger charge is 2.14. The minimum absolute atomic E-state index is 0.112. The third-order valence-corrected chi connectivity index (χ3v) is 5.03. The van der Waals surface area contributed by atoms with Crippen LogP contribution in [0, 0.1) is 6.92 Å². The van der Waals surface area contributed by atoms with Crippen LogP contribution < -0.4 is 20.3 Å². The van der Waals surface area contributed by atoms with Crippen LogP contribution in [0.5, 0.6) is 11.5 Å². The van der Waals surface area contributed by atoms with Gasteiger partial charge in [-0.2, -0.15) is 0 Å². The Kier molecular flexibility index (Phi) is 3.89. The number of aryl methyl sites for hydroxylation is 2. The number of ether oxygens (including phenoxy) is 2. The van der Waals surface area contributed by atoms with Gasteiger partial charge in [0.25, 0.3) is 5.56 Å². The van der Waals surface area contributed by atoms with Gasteiger partial charge in [0, 0.05) is 24.7 Å². The summed E-state index contributed by atoms with van der Waals surface area (Å²) in [6.07, 6.45) is 1.67. The first kappa shape index (κ1) is 15.6. The Bertz CT molecular complexity index is 1020. The molecule has 3 heterocycles. The average Bonchev–Trinajstić information content (AvgIpc) is 3.21. The quantitative estimate of drug-likeness (QED) is 0.776. The molecule has 0 unspecified atom stereocenters. The maximum absolute atomic E-state index is 12.4. The van der Waals surface area contributed by atoms with Gasteiger partial charge in [-0.25, -0.2) is 4.98 Å². The molecule has 128 valence electrons. The lowest BCUT2D eigenvalue weighted by molar-refractivity contribution is -0.116. The summed E-state index contributed by atoms with van der Waals surface area (Å²) in [5, 5.41) is 4.71. The van der Waals surface area contributed by atoms with E-state index in [0.29, 0.717) is 21.9 Å². The van der Waals surface area contributed by atoms with E-state index in [1.807, 2.05) is 12.3 Å². The lowest BCUT2D eigenvalue weighted by Gasteiger charge is -2.07. The standard InChI is InChI=1S/C17H15N3O4S/c1-10-7-25-16-15(10)18-8-20(17(16)22)5-4-14(21)19-11-2-3-12-13(6-11)24-9-23-12/h2-3,6-8H,4-5,9H2,1H3,(H,19,21). The summed E-state index contributed by atoms with van der Waals surface area (Å²) in [6.45, 7) is 2.39. The van der Waals surface area contributed by atoms with Crippen LogP contribution >= 0.6 is 11.3 Å². The maximum atomic E-state index is 12.4. The van der Waals surface area contributed by atoms with Gasteiger partial charge in [0.15, 0.2) is 11.5 Å². The van der Waals surface area contributed by atoms with Crippen LogP contribution in [0.15, 0.2) is 34.7 Å². The summed E-state index contributed by atoms with van der Waals surface area (Å²) in [7, 11) is 0. The van der Waals surface area contributed by atoms with Gasteiger partial charge < -0.3 is 14.8 Å². The molecule has 0 saturated heterocycles. The fraction of sp³-hybridized carbons (Fsp3) is 0.235. The van der Waals surface area contributed by atoms with Gasteiger partial charge in [0.1, 0.15) is 4.70 Å². The van der Waals surface area contributed by atoms with Crippen LogP contribution in [0.4, 0.5) is 5.69 Å². The molecule has 0 radical (unpaired) electrons. The number of anilines is 1. The molecule has 1 N–H and O–H groups in total. The predicted molar refractivity (Wildman–Crippen MR) is 94.4 cm³/mol. The number of nitrogens with one attached hydrogen (secondary N) is 1. The summed E-state index contributed by atoms with van der Waals surface area (Å²) in [5.41, 5.74) is 2.24. The summed E-state index contributed by atoms with van der Waals surface area (Å²) in [6, 6.07) is 5.22. The zero-order chi connectivity index (χ0) is 17.4. The topological polar surface area (TPSA) is 82.5 Å². The van der Waals surface area contributed by atoms with Crippen molar-refractivity contribution in [3.05, 3.63) is 45.8 Å². The third-order valence-electron chi connectivity index (χ3n) is 3.96. The van der Waals surface area contributed by atoms with Crippen molar-refractivity contribution < 1.29 is 14.3 Å². The highest BCUT2D eigenvalue weighted by atomic mass is 32.1. The number of carbonyl (C=O) groups is 1.